The van der Waals surface area contributed by atoms with Crippen LogP contribution in [-0.2, 0) is 20.8 Å². The molecular weight excluding hydrogens is 334 g/mol. The zero-order chi connectivity index (χ0) is 17.7. The normalized spacial score (nSPS) is 21.5. The molecule has 0 N–H and O–H groups in total. The van der Waals surface area contributed by atoms with Crippen LogP contribution < -0.4 is 0 Å². The molecule has 1 aliphatic rings. The predicted octanol–water partition coefficient (Wildman–Crippen LogP) is 4.08. The van der Waals surface area contributed by atoms with E-state index >= 15 is 0 Å². The van der Waals surface area contributed by atoms with Crippen molar-refractivity contribution in [2.75, 3.05) is 33.4 Å². The van der Waals surface area contributed by atoms with E-state index in [-0.39, 0.29) is 5.97 Å². The Kier molecular flexibility index (Phi) is 6.10. The van der Waals surface area contributed by atoms with Gasteiger partial charge < -0.3 is 9.47 Å². The van der Waals surface area contributed by atoms with E-state index in [2.05, 4.69) is 35.2 Å². The molecule has 136 valence electrons. The van der Waals surface area contributed by atoms with Gasteiger partial charge in [0.2, 0.25) is 0 Å². The van der Waals surface area contributed by atoms with Crippen LogP contribution in [0.3, 0.4) is 0 Å². The largest absolute Gasteiger partial charge is 0.466 e. The predicted molar refractivity (Wildman–Crippen MR) is 102 cm³/mol. The molecule has 4 nitrogen and oxygen atoms in total. The molecule has 0 spiro atoms. The van der Waals surface area contributed by atoms with E-state index in [1.165, 1.54) is 15.0 Å². The lowest BCUT2D eigenvalue weighted by atomic mass is 9.77. The molecule has 1 aliphatic heterocycles. The summed E-state index contributed by atoms with van der Waals surface area (Å²) >= 11 is 1.85. The maximum atomic E-state index is 12.7. The van der Waals surface area contributed by atoms with Gasteiger partial charge >= 0.3 is 5.97 Å². The molecule has 1 fully saturated rings. The number of rotatable bonds is 7. The maximum Gasteiger partial charge on any atom is 0.313 e. The fourth-order valence-corrected chi connectivity index (χ4v) is 4.86. The number of methoxy groups -OCH3 is 1. The van der Waals surface area contributed by atoms with Gasteiger partial charge in [0.05, 0.1) is 12.0 Å². The van der Waals surface area contributed by atoms with Crippen LogP contribution in [-0.4, -0.2) is 44.3 Å². The number of hydrogen-bond acceptors (Lipinski definition) is 5. The number of fused-ring (bicyclic) bond motifs is 1. The van der Waals surface area contributed by atoms with E-state index in [1.807, 2.05) is 18.3 Å². The second kappa shape index (κ2) is 8.30. The molecule has 1 saturated heterocycles. The third-order valence-electron chi connectivity index (χ3n) is 5.01. The number of benzene rings is 1. The van der Waals surface area contributed by atoms with Gasteiger partial charge in [-0.3, -0.25) is 9.69 Å². The highest BCUT2D eigenvalue weighted by atomic mass is 32.1. The molecule has 0 radical (unpaired) electrons. The smallest absolute Gasteiger partial charge is 0.313 e. The van der Waals surface area contributed by atoms with Crippen LogP contribution in [0.4, 0.5) is 0 Å². The van der Waals surface area contributed by atoms with Crippen LogP contribution in [0.1, 0.15) is 31.1 Å². The molecule has 1 unspecified atom stereocenters. The highest BCUT2D eigenvalue weighted by Gasteiger charge is 2.43. The van der Waals surface area contributed by atoms with Crippen LogP contribution in [0.15, 0.2) is 30.3 Å². The zero-order valence-electron chi connectivity index (χ0n) is 15.1. The molecule has 2 heterocycles. The lowest BCUT2D eigenvalue weighted by molar-refractivity contribution is -0.160. The van der Waals surface area contributed by atoms with Gasteiger partial charge in [-0.25, -0.2) is 0 Å². The van der Waals surface area contributed by atoms with Gasteiger partial charge in [-0.15, -0.1) is 11.3 Å². The fraction of sp³-hybridized carbons (Fsp3) is 0.550. The topological polar surface area (TPSA) is 38.8 Å². The molecular formula is C20H27NO3S. The van der Waals surface area contributed by atoms with Crippen molar-refractivity contribution in [2.24, 2.45) is 5.41 Å². The molecule has 1 aromatic heterocycles. The molecule has 1 atom stereocenters. The molecule has 0 amide bonds. The first-order chi connectivity index (χ1) is 12.2. The number of likely N-dealkylation sites (tertiary alicyclic amines) is 1. The monoisotopic (exact) mass is 361 g/mol. The fourth-order valence-electron chi connectivity index (χ4n) is 3.75. The number of esters is 1. The molecule has 0 bridgehead atoms. The van der Waals surface area contributed by atoms with Crippen molar-refractivity contribution in [3.8, 4) is 0 Å². The van der Waals surface area contributed by atoms with Crippen molar-refractivity contribution in [1.29, 1.82) is 0 Å². The standard InChI is InChI=1S/C20H27NO3S/c1-3-24-19(22)20(10-12-23-2)9-6-11-21(15-20)14-17-13-16-7-4-5-8-18(16)25-17/h4-5,7-8,13H,3,6,9-12,14-15H2,1-2H3. The van der Waals surface area contributed by atoms with E-state index in [4.69, 9.17) is 9.47 Å². The summed E-state index contributed by atoms with van der Waals surface area (Å²) in [7, 11) is 1.69. The third-order valence-corrected chi connectivity index (χ3v) is 6.11. The van der Waals surface area contributed by atoms with E-state index in [0.29, 0.717) is 13.2 Å². The highest BCUT2D eigenvalue weighted by molar-refractivity contribution is 7.19. The molecule has 25 heavy (non-hydrogen) atoms. The molecule has 0 saturated carbocycles. The van der Waals surface area contributed by atoms with Crippen molar-refractivity contribution >= 4 is 27.4 Å². The molecule has 0 aliphatic carbocycles. The number of ether oxygens (including phenoxy) is 2. The second-order valence-electron chi connectivity index (χ2n) is 6.81. The van der Waals surface area contributed by atoms with Gasteiger partial charge in [-0.2, -0.15) is 0 Å². The quantitative estimate of drug-likeness (QED) is 0.697. The number of nitrogens with zero attached hydrogens (tertiary/aromatic N) is 1. The summed E-state index contributed by atoms with van der Waals surface area (Å²) in [5, 5.41) is 1.30. The number of hydrogen-bond donors (Lipinski definition) is 0. The lowest BCUT2D eigenvalue weighted by Gasteiger charge is -2.40. The highest BCUT2D eigenvalue weighted by Crippen LogP contribution is 2.36. The minimum absolute atomic E-state index is 0.0620. The average Bonchev–Trinajstić information content (AvgIpc) is 3.02. The van der Waals surface area contributed by atoms with Crippen molar-refractivity contribution in [3.05, 3.63) is 35.2 Å². The summed E-state index contributed by atoms with van der Waals surface area (Å²) in [6.45, 7) is 5.58. The Balaban J connectivity index is 1.74. The zero-order valence-corrected chi connectivity index (χ0v) is 15.9. The first kappa shape index (κ1) is 18.4. The Morgan fingerprint density at radius 3 is 2.96 bits per heavy atom. The van der Waals surface area contributed by atoms with Crippen LogP contribution in [0, 0.1) is 5.41 Å². The Hall–Kier alpha value is -1.43. The van der Waals surface area contributed by atoms with Gasteiger partial charge in [0.25, 0.3) is 0 Å². The maximum absolute atomic E-state index is 12.7. The van der Waals surface area contributed by atoms with E-state index in [0.717, 1.165) is 38.9 Å². The SMILES string of the molecule is CCOC(=O)C1(CCOC)CCCN(Cc2cc3ccccc3s2)C1. The van der Waals surface area contributed by atoms with Crippen LogP contribution >= 0.6 is 11.3 Å². The summed E-state index contributed by atoms with van der Waals surface area (Å²) in [5.74, 6) is -0.0620. The number of thiophene rings is 1. The van der Waals surface area contributed by atoms with Gasteiger partial charge in [0.15, 0.2) is 0 Å². The Morgan fingerprint density at radius 1 is 1.36 bits per heavy atom. The summed E-state index contributed by atoms with van der Waals surface area (Å²) in [6, 6.07) is 10.8. The first-order valence-corrected chi connectivity index (χ1v) is 9.84. The summed E-state index contributed by atoms with van der Waals surface area (Å²) in [6.07, 6.45) is 2.64. The molecule has 1 aromatic carbocycles. The summed E-state index contributed by atoms with van der Waals surface area (Å²) in [5.41, 5.74) is -0.430. The summed E-state index contributed by atoms with van der Waals surface area (Å²) in [4.78, 5) is 16.4. The number of piperidine rings is 1. The molecule has 5 heteroatoms. The van der Waals surface area contributed by atoms with Crippen molar-refractivity contribution in [1.82, 2.24) is 4.90 Å². The second-order valence-corrected chi connectivity index (χ2v) is 7.98. The number of carbonyl (C=O) groups is 1. The third kappa shape index (κ3) is 4.22. The minimum atomic E-state index is -0.430. The number of carbonyl (C=O) groups excluding carboxylic acids is 1. The Morgan fingerprint density at radius 2 is 2.20 bits per heavy atom. The minimum Gasteiger partial charge on any atom is -0.466 e. The van der Waals surface area contributed by atoms with Gasteiger partial charge in [0, 0.05) is 36.4 Å². The first-order valence-electron chi connectivity index (χ1n) is 9.03. The van der Waals surface area contributed by atoms with Crippen LogP contribution in [0.2, 0.25) is 0 Å². The van der Waals surface area contributed by atoms with E-state index in [9.17, 15) is 4.79 Å². The van der Waals surface area contributed by atoms with Crippen LogP contribution in [0.5, 0.6) is 0 Å². The lowest BCUT2D eigenvalue weighted by Crippen LogP contribution is -2.48. The molecule has 3 rings (SSSR count). The van der Waals surface area contributed by atoms with E-state index < -0.39 is 5.41 Å². The van der Waals surface area contributed by atoms with Gasteiger partial charge in [0.1, 0.15) is 0 Å². The average molecular weight is 362 g/mol. The molecule has 2 aromatic rings. The van der Waals surface area contributed by atoms with Crippen molar-refractivity contribution in [3.63, 3.8) is 0 Å². The van der Waals surface area contributed by atoms with E-state index in [1.54, 1.807) is 7.11 Å². The van der Waals surface area contributed by atoms with Crippen molar-refractivity contribution in [2.45, 2.75) is 32.7 Å². The van der Waals surface area contributed by atoms with Crippen LogP contribution in [0.25, 0.3) is 10.1 Å². The van der Waals surface area contributed by atoms with Crippen molar-refractivity contribution < 1.29 is 14.3 Å². The van der Waals surface area contributed by atoms with Gasteiger partial charge in [-0.05, 0) is 50.2 Å². The Bertz CT molecular complexity index is 681. The summed E-state index contributed by atoms with van der Waals surface area (Å²) < 4.78 is 12.0. The van der Waals surface area contributed by atoms with Gasteiger partial charge in [-0.1, -0.05) is 18.2 Å². The Labute approximate surface area is 153 Å².